The lowest BCUT2D eigenvalue weighted by Gasteiger charge is -2.35. The molecule has 3 amide bonds. The van der Waals surface area contributed by atoms with Gasteiger partial charge in [0.2, 0.25) is 5.91 Å². The van der Waals surface area contributed by atoms with Crippen LogP contribution in [0.5, 0.6) is 0 Å². The quantitative estimate of drug-likeness (QED) is 0.0497. The number of urea groups is 1. The van der Waals surface area contributed by atoms with E-state index in [0.717, 1.165) is 10.8 Å². The minimum atomic E-state index is -1.34. The summed E-state index contributed by atoms with van der Waals surface area (Å²) in [7, 11) is 0. The van der Waals surface area contributed by atoms with Crippen LogP contribution in [0.2, 0.25) is 0 Å². The Labute approximate surface area is 417 Å². The molecule has 1 fully saturated rings. The topological polar surface area (TPSA) is 345 Å². The third-order valence-corrected chi connectivity index (χ3v) is 12.4. The maximum Gasteiger partial charge on any atom is 0.326 e. The van der Waals surface area contributed by atoms with E-state index in [9.17, 15) is 73.5 Å². The number of nitrogens with one attached hydrogen (secondary N) is 2. The fourth-order valence-electron chi connectivity index (χ4n) is 8.42. The van der Waals surface area contributed by atoms with Gasteiger partial charge in [-0.2, -0.15) is 0 Å². The zero-order chi connectivity index (χ0) is 53.2. The van der Waals surface area contributed by atoms with E-state index in [-0.39, 0.29) is 148 Å². The van der Waals surface area contributed by atoms with Gasteiger partial charge >= 0.3 is 41.8 Å². The third-order valence-electron chi connectivity index (χ3n) is 12.4. The highest BCUT2D eigenvalue weighted by molar-refractivity contribution is 5.89. The lowest BCUT2D eigenvalue weighted by atomic mass is 10.0. The summed E-state index contributed by atoms with van der Waals surface area (Å²) in [5.41, 5.74) is 0.656. The van der Waals surface area contributed by atoms with Gasteiger partial charge < -0.3 is 46.2 Å². The molecular weight excluding hydrogens is 945 g/mol. The molecule has 2 aromatic rings. The number of carbonyl (C=O) groups is 10. The number of aliphatic carboxylic acids is 6. The van der Waals surface area contributed by atoms with Gasteiger partial charge in [0.25, 0.3) is 0 Å². The first-order chi connectivity index (χ1) is 34.2. The zero-order valence-corrected chi connectivity index (χ0v) is 40.8. The summed E-state index contributed by atoms with van der Waals surface area (Å²) < 4.78 is 0. The van der Waals surface area contributed by atoms with Gasteiger partial charge in [0, 0.05) is 96.2 Å². The molecule has 3 rings (SSSR count). The van der Waals surface area contributed by atoms with Crippen LogP contribution in [0.15, 0.2) is 36.5 Å². The molecule has 1 aromatic carbocycles. The second-order valence-corrected chi connectivity index (χ2v) is 17.9. The van der Waals surface area contributed by atoms with Gasteiger partial charge in [0.15, 0.2) is 5.78 Å². The number of benzene rings is 1. The first-order valence-corrected chi connectivity index (χ1v) is 24.2. The number of unbranched alkanes of at least 4 members (excludes halogenated alkanes) is 3. The minimum Gasteiger partial charge on any atom is -0.481 e. The minimum absolute atomic E-state index is 0.0102. The van der Waals surface area contributed by atoms with Crippen molar-refractivity contribution in [1.29, 1.82) is 0 Å². The fraction of sp³-hybridized carbons (Fsp3) is 0.604. The number of carboxylic acid groups (broad SMARTS) is 6. The maximum absolute atomic E-state index is 13.8. The molecule has 1 aliphatic heterocycles. The Morgan fingerprint density at radius 3 is 1.68 bits per heavy atom. The van der Waals surface area contributed by atoms with Gasteiger partial charge in [-0.15, -0.1) is 0 Å². The van der Waals surface area contributed by atoms with Crippen molar-refractivity contribution in [3.8, 4) is 0 Å². The number of carbonyl (C=O) groups excluding carboxylic acids is 4. The Morgan fingerprint density at radius 1 is 0.583 bits per heavy atom. The van der Waals surface area contributed by atoms with Crippen molar-refractivity contribution in [2.24, 2.45) is 0 Å². The number of amides is 3. The molecule has 8 N–H and O–H groups in total. The number of hydrogen-bond acceptors (Lipinski definition) is 15. The molecule has 0 spiro atoms. The molecule has 24 nitrogen and oxygen atoms in total. The van der Waals surface area contributed by atoms with Crippen molar-refractivity contribution < 1.29 is 78.6 Å². The zero-order valence-electron chi connectivity index (χ0n) is 40.8. The van der Waals surface area contributed by atoms with Gasteiger partial charge in [-0.3, -0.25) is 62.9 Å². The Kier molecular flexibility index (Phi) is 26.2. The second-order valence-electron chi connectivity index (χ2n) is 17.9. The summed E-state index contributed by atoms with van der Waals surface area (Å²) in [6.07, 6.45) is 3.22. The van der Waals surface area contributed by atoms with Gasteiger partial charge in [-0.05, 0) is 63.3 Å². The second kappa shape index (κ2) is 31.7. The summed E-state index contributed by atoms with van der Waals surface area (Å²) >= 11 is 0. The molecule has 24 heteroatoms. The Balaban J connectivity index is 1.60. The first-order valence-electron chi connectivity index (χ1n) is 24.2. The van der Waals surface area contributed by atoms with E-state index in [1.807, 2.05) is 30.3 Å². The van der Waals surface area contributed by atoms with Crippen LogP contribution in [0.25, 0.3) is 10.8 Å². The van der Waals surface area contributed by atoms with Crippen molar-refractivity contribution >= 4 is 70.1 Å². The molecule has 1 saturated heterocycles. The highest BCUT2D eigenvalue weighted by atomic mass is 16.4. The summed E-state index contributed by atoms with van der Waals surface area (Å²) in [5.74, 6) is -7.88. The van der Waals surface area contributed by atoms with Gasteiger partial charge in [-0.1, -0.05) is 30.7 Å². The molecule has 2 heterocycles. The number of nitrogens with zero attached hydrogens (tertiary/aromatic N) is 6. The smallest absolute Gasteiger partial charge is 0.326 e. The lowest BCUT2D eigenvalue weighted by molar-refractivity contribution is -0.145. The van der Waals surface area contributed by atoms with Crippen molar-refractivity contribution in [3.05, 3.63) is 42.2 Å². The predicted octanol–water partition coefficient (Wildman–Crippen LogP) is 1.54. The van der Waals surface area contributed by atoms with Crippen LogP contribution in [-0.4, -0.2) is 216 Å². The third kappa shape index (κ3) is 23.1. The molecular formula is C48H70N8O16. The molecule has 1 aromatic heterocycles. The van der Waals surface area contributed by atoms with Gasteiger partial charge in [0.05, 0.1) is 37.9 Å². The molecule has 1 unspecified atom stereocenters. The monoisotopic (exact) mass is 1010 g/mol. The molecule has 0 bridgehead atoms. The number of Topliss-reactive ketones (excluding diaryl/α,β-unsaturated/α-hetero) is 2. The van der Waals surface area contributed by atoms with Crippen LogP contribution < -0.4 is 10.6 Å². The van der Waals surface area contributed by atoms with Crippen LogP contribution in [0.1, 0.15) is 89.7 Å². The van der Waals surface area contributed by atoms with Crippen molar-refractivity contribution in [2.45, 2.75) is 109 Å². The van der Waals surface area contributed by atoms with E-state index in [0.29, 0.717) is 31.4 Å². The number of rotatable bonds is 31. The van der Waals surface area contributed by atoms with Crippen LogP contribution in [-0.2, 0) is 49.7 Å². The molecule has 0 aliphatic carbocycles. The SMILES string of the molecule is CC(=O)[C@H](CCC(=O)O)NC(=O)N[C@@H](CCCCN(Cc1nccc2ccccc12)C(=O)CCCCCC(=O)CCC(C(=O)O)N1CCN(CC(=O)O)CCN(CC(=O)O)CCN(CC(=O)O)CC1)C(=O)O. The Bertz CT molecular complexity index is 2140. The average Bonchev–Trinajstić information content (AvgIpc) is 3.30. The predicted molar refractivity (Wildman–Crippen MR) is 258 cm³/mol. The Morgan fingerprint density at radius 2 is 1.14 bits per heavy atom. The van der Waals surface area contributed by atoms with Crippen molar-refractivity contribution in [3.63, 3.8) is 0 Å². The van der Waals surface area contributed by atoms with Crippen LogP contribution in [0, 0.1) is 0 Å². The summed E-state index contributed by atoms with van der Waals surface area (Å²) in [6.45, 7) is 1.59. The molecule has 3 atom stereocenters. The van der Waals surface area contributed by atoms with E-state index in [1.54, 1.807) is 30.7 Å². The van der Waals surface area contributed by atoms with E-state index >= 15 is 0 Å². The molecule has 1 aliphatic rings. The van der Waals surface area contributed by atoms with Crippen LogP contribution >= 0.6 is 0 Å². The number of carboxylic acids is 6. The average molecular weight is 1020 g/mol. The normalized spacial score (nSPS) is 15.7. The van der Waals surface area contributed by atoms with Crippen molar-refractivity contribution in [2.75, 3.05) is 78.5 Å². The number of ketones is 2. The summed E-state index contributed by atoms with van der Waals surface area (Å²) in [6, 6.07) is 4.88. The van der Waals surface area contributed by atoms with E-state index in [4.69, 9.17) is 5.11 Å². The first kappa shape index (κ1) is 59.7. The number of hydrogen-bond donors (Lipinski definition) is 8. The highest BCUT2D eigenvalue weighted by Gasteiger charge is 2.29. The highest BCUT2D eigenvalue weighted by Crippen LogP contribution is 2.20. The molecule has 398 valence electrons. The fourth-order valence-corrected chi connectivity index (χ4v) is 8.42. The Hall–Kier alpha value is -6.63. The summed E-state index contributed by atoms with van der Waals surface area (Å²) in [5, 5.41) is 64.1. The van der Waals surface area contributed by atoms with E-state index < -0.39 is 65.8 Å². The number of fused-ring (bicyclic) bond motifs is 1. The van der Waals surface area contributed by atoms with Crippen molar-refractivity contribution in [1.82, 2.24) is 40.1 Å². The summed E-state index contributed by atoms with van der Waals surface area (Å²) in [4.78, 5) is 135. The molecule has 72 heavy (non-hydrogen) atoms. The largest absolute Gasteiger partial charge is 0.481 e. The van der Waals surface area contributed by atoms with E-state index in [2.05, 4.69) is 15.6 Å². The van der Waals surface area contributed by atoms with Gasteiger partial charge in [-0.25, -0.2) is 9.59 Å². The lowest BCUT2D eigenvalue weighted by Crippen LogP contribution is -2.51. The van der Waals surface area contributed by atoms with Crippen LogP contribution in [0.4, 0.5) is 4.79 Å². The number of pyridine rings is 1. The van der Waals surface area contributed by atoms with Gasteiger partial charge in [0.1, 0.15) is 17.9 Å². The maximum atomic E-state index is 13.8. The number of aromatic nitrogens is 1. The van der Waals surface area contributed by atoms with E-state index in [1.165, 1.54) is 6.92 Å². The van der Waals surface area contributed by atoms with Crippen LogP contribution in [0.3, 0.4) is 0 Å². The standard InChI is InChI=1S/C48H70N8O16/c1-33(57)37(15-17-42(60)61)50-48(72)51-38(46(68)69)12-7-8-20-56(29-39-36-11-6-5-9-34(36)18-19-49-39)41(59)13-4-2-3-10-35(58)14-16-40(47(70)71)55-27-25-53(31-44(64)65)23-21-52(30-43(62)63)22-24-54(26-28-55)32-45(66)67/h5-6,9,11,18-19,37-38,40H,2-4,7-8,10,12-17,20-32H2,1H3,(H,60,61)(H,62,63)(H,64,65)(H,66,67)(H,68,69)(H,70,71)(H2,50,51,72)/t37-,38-,40?/m0/s1. The molecule has 0 radical (unpaired) electrons. The molecule has 0 saturated carbocycles.